The lowest BCUT2D eigenvalue weighted by molar-refractivity contribution is -0.143. The van der Waals surface area contributed by atoms with Crippen molar-refractivity contribution in [2.45, 2.75) is 75.3 Å². The number of nitrogens with one attached hydrogen (secondary N) is 2. The molecule has 12 heteroatoms. The molecule has 1 unspecified atom stereocenters. The quantitative estimate of drug-likeness (QED) is 0.523. The lowest BCUT2D eigenvalue weighted by atomic mass is 10.0. The summed E-state index contributed by atoms with van der Waals surface area (Å²) in [5, 5.41) is 5.16. The Kier molecular flexibility index (Phi) is 7.92. The number of halogens is 6. The molecule has 0 aromatic heterocycles. The van der Waals surface area contributed by atoms with Gasteiger partial charge in [-0.3, -0.25) is 4.79 Å². The van der Waals surface area contributed by atoms with Crippen molar-refractivity contribution in [3.05, 3.63) is 34.9 Å². The van der Waals surface area contributed by atoms with Gasteiger partial charge in [0, 0.05) is 12.6 Å². The van der Waals surface area contributed by atoms with Crippen LogP contribution in [0.4, 0.5) is 31.1 Å². The molecule has 2 rings (SSSR count). The molecule has 2 atom stereocenters. The highest BCUT2D eigenvalue weighted by molar-refractivity contribution is 8.00. The van der Waals surface area contributed by atoms with Crippen molar-refractivity contribution in [2.75, 3.05) is 6.26 Å². The molecule has 1 aliphatic carbocycles. The van der Waals surface area contributed by atoms with E-state index in [1.807, 2.05) is 0 Å². The van der Waals surface area contributed by atoms with Gasteiger partial charge in [0.05, 0.1) is 15.9 Å². The van der Waals surface area contributed by atoms with Crippen LogP contribution >= 0.6 is 11.8 Å². The number of amides is 2. The molecule has 0 saturated heterocycles. The van der Waals surface area contributed by atoms with Crippen LogP contribution in [0.15, 0.2) is 18.2 Å². The number of carbonyl (C=O) groups is 2. The molecular formula is C21H26F6N2O3S. The van der Waals surface area contributed by atoms with E-state index in [2.05, 4.69) is 10.6 Å². The summed E-state index contributed by atoms with van der Waals surface area (Å²) in [6.07, 6.45) is -7.80. The number of ether oxygens (including phenoxy) is 1. The average Bonchev–Trinajstić information content (AvgIpc) is 3.07. The summed E-state index contributed by atoms with van der Waals surface area (Å²) >= 11 is 1.22. The molecular weight excluding hydrogens is 474 g/mol. The predicted molar refractivity (Wildman–Crippen MR) is 112 cm³/mol. The normalized spacial score (nSPS) is 21.6. The van der Waals surface area contributed by atoms with Crippen molar-refractivity contribution in [2.24, 2.45) is 0 Å². The van der Waals surface area contributed by atoms with Crippen LogP contribution in [0.5, 0.6) is 0 Å². The van der Waals surface area contributed by atoms with Crippen molar-refractivity contribution < 1.29 is 40.7 Å². The minimum absolute atomic E-state index is 0.0403. The van der Waals surface area contributed by atoms with Crippen LogP contribution in [0.1, 0.15) is 56.7 Å². The zero-order chi connectivity index (χ0) is 25.2. The van der Waals surface area contributed by atoms with Crippen LogP contribution in [-0.4, -0.2) is 34.6 Å². The van der Waals surface area contributed by atoms with E-state index in [1.54, 1.807) is 27.0 Å². The van der Waals surface area contributed by atoms with Crippen LogP contribution in [0.3, 0.4) is 0 Å². The standard InChI is InChI=1S/C21H26F6N2O3S/c1-18(2,3)32-17(31)29-15-5-6-19(10-15,33-4)16(30)28-11-12-7-13(20(22,23)24)9-14(8-12)21(25,26)27/h7-9,15H,5-6,10-11H2,1-4H3,(H,28,30)(H,29,31)/t15-,19?/m1/s1. The summed E-state index contributed by atoms with van der Waals surface area (Å²) in [4.78, 5) is 24.9. The first kappa shape index (κ1) is 27.1. The van der Waals surface area contributed by atoms with Gasteiger partial charge in [-0.2, -0.15) is 26.3 Å². The van der Waals surface area contributed by atoms with Gasteiger partial charge in [0.15, 0.2) is 0 Å². The fourth-order valence-electron chi connectivity index (χ4n) is 3.56. The van der Waals surface area contributed by atoms with Crippen molar-refractivity contribution in [3.63, 3.8) is 0 Å². The molecule has 186 valence electrons. The fraction of sp³-hybridized carbons (Fsp3) is 0.619. The molecule has 1 aromatic carbocycles. The van der Waals surface area contributed by atoms with Crippen LogP contribution in [0, 0.1) is 0 Å². The van der Waals surface area contributed by atoms with E-state index in [9.17, 15) is 35.9 Å². The highest BCUT2D eigenvalue weighted by Crippen LogP contribution is 2.41. The van der Waals surface area contributed by atoms with Crippen molar-refractivity contribution in [3.8, 4) is 0 Å². The van der Waals surface area contributed by atoms with Crippen molar-refractivity contribution in [1.29, 1.82) is 0 Å². The molecule has 1 aromatic rings. The third kappa shape index (κ3) is 7.44. The first-order valence-corrected chi connectivity index (χ1v) is 11.3. The van der Waals surface area contributed by atoms with E-state index in [0.29, 0.717) is 25.0 Å². The van der Waals surface area contributed by atoms with Gasteiger partial charge in [0.2, 0.25) is 5.91 Å². The lowest BCUT2D eigenvalue weighted by Crippen LogP contribution is -2.44. The van der Waals surface area contributed by atoms with Crippen molar-refractivity contribution >= 4 is 23.8 Å². The van der Waals surface area contributed by atoms with Gasteiger partial charge in [-0.1, -0.05) is 0 Å². The summed E-state index contributed by atoms with van der Waals surface area (Å²) in [6, 6.07) is 0.855. The second kappa shape index (κ2) is 9.63. The van der Waals surface area contributed by atoms with E-state index >= 15 is 0 Å². The molecule has 0 aliphatic heterocycles. The minimum Gasteiger partial charge on any atom is -0.444 e. The Hall–Kier alpha value is -2.11. The van der Waals surface area contributed by atoms with Gasteiger partial charge in [-0.15, -0.1) is 11.8 Å². The number of thioether (sulfide) groups is 1. The second-order valence-electron chi connectivity index (χ2n) is 8.88. The average molecular weight is 501 g/mol. The lowest BCUT2D eigenvalue weighted by Gasteiger charge is -2.27. The largest absolute Gasteiger partial charge is 0.444 e. The van der Waals surface area contributed by atoms with Crippen LogP contribution in [-0.2, 0) is 28.4 Å². The molecule has 0 heterocycles. The van der Waals surface area contributed by atoms with Crippen LogP contribution in [0.2, 0.25) is 0 Å². The maximum Gasteiger partial charge on any atom is 0.416 e. The molecule has 2 amide bonds. The Labute approximate surface area is 192 Å². The Morgan fingerprint density at radius 3 is 2.06 bits per heavy atom. The maximum atomic E-state index is 13.0. The zero-order valence-electron chi connectivity index (χ0n) is 18.5. The number of benzene rings is 1. The van der Waals surface area contributed by atoms with Gasteiger partial charge in [0.1, 0.15) is 5.60 Å². The van der Waals surface area contributed by atoms with Crippen molar-refractivity contribution in [1.82, 2.24) is 10.6 Å². The molecule has 2 N–H and O–H groups in total. The van der Waals surface area contributed by atoms with Crippen LogP contribution in [0.25, 0.3) is 0 Å². The number of hydrogen-bond donors (Lipinski definition) is 2. The number of alkyl halides is 6. The Morgan fingerprint density at radius 2 is 1.61 bits per heavy atom. The number of hydrogen-bond acceptors (Lipinski definition) is 4. The summed E-state index contributed by atoms with van der Waals surface area (Å²) in [5.41, 5.74) is -3.90. The Morgan fingerprint density at radius 1 is 1.06 bits per heavy atom. The summed E-state index contributed by atoms with van der Waals surface area (Å²) in [7, 11) is 0. The first-order chi connectivity index (χ1) is 14.9. The molecule has 0 spiro atoms. The summed E-state index contributed by atoms with van der Waals surface area (Å²) < 4.78 is 82.5. The SMILES string of the molecule is CSC1(C(=O)NCc2cc(C(F)(F)F)cc(C(F)(F)F)c2)CC[C@@H](NC(=O)OC(C)(C)C)C1. The minimum atomic E-state index is -4.97. The van der Waals surface area contributed by atoms with E-state index < -0.39 is 52.4 Å². The Bertz CT molecular complexity index is 850. The zero-order valence-corrected chi connectivity index (χ0v) is 19.4. The topological polar surface area (TPSA) is 67.4 Å². The maximum absolute atomic E-state index is 13.0. The molecule has 0 bridgehead atoms. The first-order valence-electron chi connectivity index (χ1n) is 10.1. The third-order valence-electron chi connectivity index (χ3n) is 5.10. The van der Waals surface area contributed by atoms with E-state index in [0.717, 1.165) is 0 Å². The van der Waals surface area contributed by atoms with Gasteiger partial charge in [0.25, 0.3) is 0 Å². The third-order valence-corrected chi connectivity index (χ3v) is 6.44. The van der Waals surface area contributed by atoms with Gasteiger partial charge >= 0.3 is 18.4 Å². The summed E-state index contributed by atoms with van der Waals surface area (Å²) in [6.45, 7) is 4.62. The molecule has 1 fully saturated rings. The van der Waals surface area contributed by atoms with E-state index in [1.165, 1.54) is 11.8 Å². The molecule has 1 saturated carbocycles. The van der Waals surface area contributed by atoms with Gasteiger partial charge < -0.3 is 15.4 Å². The Balaban J connectivity index is 2.11. The van der Waals surface area contributed by atoms with Crippen LogP contribution < -0.4 is 10.6 Å². The number of rotatable bonds is 5. The van der Waals surface area contributed by atoms with E-state index in [-0.39, 0.29) is 24.1 Å². The fourth-order valence-corrected chi connectivity index (χ4v) is 4.50. The molecule has 5 nitrogen and oxygen atoms in total. The molecule has 0 radical (unpaired) electrons. The summed E-state index contributed by atoms with van der Waals surface area (Å²) in [5.74, 6) is -0.519. The second-order valence-corrected chi connectivity index (χ2v) is 10.1. The smallest absolute Gasteiger partial charge is 0.416 e. The monoisotopic (exact) mass is 500 g/mol. The number of alkyl carbamates (subject to hydrolysis) is 1. The van der Waals surface area contributed by atoms with Gasteiger partial charge in [-0.05, 0) is 70.1 Å². The van der Waals surface area contributed by atoms with Gasteiger partial charge in [-0.25, -0.2) is 4.79 Å². The van der Waals surface area contributed by atoms with E-state index in [4.69, 9.17) is 4.74 Å². The highest BCUT2D eigenvalue weighted by atomic mass is 32.2. The molecule has 1 aliphatic rings. The predicted octanol–water partition coefficient (Wildman–Crippen LogP) is 5.52. The highest BCUT2D eigenvalue weighted by Gasteiger charge is 2.45. The number of carbonyl (C=O) groups excluding carboxylic acids is 2. The molecule has 33 heavy (non-hydrogen) atoms.